The molecule has 0 radical (unpaired) electrons. The number of halogens is 3. The molecule has 0 bridgehead atoms. The number of rotatable bonds is 2. The summed E-state index contributed by atoms with van der Waals surface area (Å²) >= 11 is 2.73. The van der Waals surface area contributed by atoms with Gasteiger partial charge in [0.05, 0.1) is 0 Å². The lowest BCUT2D eigenvalue weighted by Crippen LogP contribution is -2.26. The smallest absolute Gasteiger partial charge is 0.296 e. The monoisotopic (exact) mass is 237 g/mol. The number of alkyl halides is 2. The highest BCUT2D eigenvalue weighted by atomic mass is 79.9. The first-order valence-electron chi connectivity index (χ1n) is 3.35. The molecule has 5 heteroatoms. The average molecular weight is 238 g/mol. The van der Waals surface area contributed by atoms with Crippen LogP contribution in [0.4, 0.5) is 8.78 Å². The molecule has 0 aromatic carbocycles. The minimum Gasteiger partial charge on any atom is -0.342 e. The maximum Gasteiger partial charge on any atom is 0.296 e. The van der Waals surface area contributed by atoms with Crippen molar-refractivity contribution < 1.29 is 13.6 Å². The number of carbonyl (C=O) groups is 1. The lowest BCUT2D eigenvalue weighted by Gasteiger charge is -1.97. The Bertz CT molecular complexity index is 246. The van der Waals surface area contributed by atoms with E-state index in [4.69, 9.17) is 0 Å². The van der Waals surface area contributed by atoms with Crippen molar-refractivity contribution in [3.63, 3.8) is 0 Å². The van der Waals surface area contributed by atoms with Gasteiger partial charge in [0.1, 0.15) is 0 Å². The Morgan fingerprint density at radius 2 is 2.33 bits per heavy atom. The Labute approximate surface area is 76.8 Å². The highest BCUT2D eigenvalue weighted by Crippen LogP contribution is 2.35. The van der Waals surface area contributed by atoms with Gasteiger partial charge in [0.15, 0.2) is 0 Å². The molecular weight excluding hydrogens is 232 g/mol. The van der Waals surface area contributed by atoms with Crippen LogP contribution >= 0.6 is 15.9 Å². The predicted octanol–water partition coefficient (Wildman–Crippen LogP) is 1.11. The summed E-state index contributed by atoms with van der Waals surface area (Å²) in [5.74, 6) is 0.959. The second-order valence-electron chi connectivity index (χ2n) is 2.53. The molecule has 1 rings (SSSR count). The molecule has 0 unspecified atom stereocenters. The molecule has 1 amide bonds. The average Bonchev–Trinajstić information content (AvgIpc) is 2.67. The summed E-state index contributed by atoms with van der Waals surface area (Å²) < 4.78 is 23.8. The zero-order valence-electron chi connectivity index (χ0n) is 5.98. The Morgan fingerprint density at radius 3 is 2.75 bits per heavy atom. The summed E-state index contributed by atoms with van der Waals surface area (Å²) in [7, 11) is 0. The molecule has 1 saturated carbocycles. The van der Waals surface area contributed by atoms with Crippen LogP contribution in [-0.2, 0) is 4.79 Å². The highest BCUT2D eigenvalue weighted by molar-refractivity contribution is 9.12. The normalized spacial score (nSPS) is 26.0. The molecule has 2 atom stereocenters. The minimum atomic E-state index is -2.34. The molecule has 0 heterocycles. The van der Waals surface area contributed by atoms with Gasteiger partial charge in [0.2, 0.25) is 6.43 Å². The van der Waals surface area contributed by atoms with Crippen LogP contribution in [0.25, 0.3) is 0 Å². The van der Waals surface area contributed by atoms with Crippen LogP contribution < -0.4 is 5.32 Å². The standard InChI is InChI=1S/C7H6BrF2NO/c8-2-1-6(12)11-5-3-4(5)7(9)10/h4-5,7H,3H2,(H,11,12)/t4-,5-/m0/s1. The van der Waals surface area contributed by atoms with E-state index < -0.39 is 18.3 Å². The third-order valence-corrected chi connectivity index (χ3v) is 1.84. The van der Waals surface area contributed by atoms with E-state index in [1.165, 1.54) is 0 Å². The van der Waals surface area contributed by atoms with E-state index in [1.807, 2.05) is 0 Å². The fourth-order valence-corrected chi connectivity index (χ4v) is 1.09. The Kier molecular flexibility index (Phi) is 3.04. The SMILES string of the molecule is O=C(C#CBr)N[C@H]1C[C@@H]1C(F)F. The van der Waals surface area contributed by atoms with E-state index in [9.17, 15) is 13.6 Å². The van der Waals surface area contributed by atoms with Gasteiger partial charge >= 0.3 is 0 Å². The highest BCUT2D eigenvalue weighted by Gasteiger charge is 2.44. The van der Waals surface area contributed by atoms with E-state index in [0.29, 0.717) is 6.42 Å². The van der Waals surface area contributed by atoms with Gasteiger partial charge < -0.3 is 5.32 Å². The van der Waals surface area contributed by atoms with Gasteiger partial charge in [0, 0.05) is 33.8 Å². The van der Waals surface area contributed by atoms with Crippen LogP contribution in [0, 0.1) is 16.7 Å². The summed E-state index contributed by atoms with van der Waals surface area (Å²) in [5.41, 5.74) is 0. The van der Waals surface area contributed by atoms with Gasteiger partial charge in [-0.05, 0) is 11.3 Å². The van der Waals surface area contributed by atoms with Gasteiger partial charge in [-0.15, -0.1) is 0 Å². The largest absolute Gasteiger partial charge is 0.342 e. The molecule has 66 valence electrons. The van der Waals surface area contributed by atoms with Gasteiger partial charge in [-0.2, -0.15) is 0 Å². The van der Waals surface area contributed by atoms with Gasteiger partial charge in [0.25, 0.3) is 5.91 Å². The fourth-order valence-electron chi connectivity index (χ4n) is 0.906. The number of amides is 1. The fraction of sp³-hybridized carbons (Fsp3) is 0.571. The summed E-state index contributed by atoms with van der Waals surface area (Å²) in [4.78, 5) is 12.9. The molecule has 1 fully saturated rings. The topological polar surface area (TPSA) is 29.1 Å². The molecule has 1 aliphatic carbocycles. The first kappa shape index (κ1) is 9.46. The van der Waals surface area contributed by atoms with Crippen molar-refractivity contribution in [2.45, 2.75) is 18.9 Å². The zero-order chi connectivity index (χ0) is 9.14. The van der Waals surface area contributed by atoms with E-state index >= 15 is 0 Å². The minimum absolute atomic E-state index is 0.355. The van der Waals surface area contributed by atoms with Crippen molar-refractivity contribution in [2.75, 3.05) is 0 Å². The van der Waals surface area contributed by atoms with Crippen molar-refractivity contribution >= 4 is 21.8 Å². The summed E-state index contributed by atoms with van der Waals surface area (Å²) in [6, 6.07) is -0.383. The van der Waals surface area contributed by atoms with E-state index in [-0.39, 0.29) is 6.04 Å². The molecule has 1 N–H and O–H groups in total. The molecule has 0 aliphatic heterocycles. The Morgan fingerprint density at radius 1 is 1.67 bits per heavy atom. The van der Waals surface area contributed by atoms with Gasteiger partial charge in [-0.3, -0.25) is 4.79 Å². The predicted molar refractivity (Wildman–Crippen MR) is 42.7 cm³/mol. The van der Waals surface area contributed by atoms with E-state index in [0.717, 1.165) is 0 Å². The third kappa shape index (κ3) is 2.45. The van der Waals surface area contributed by atoms with Crippen molar-refractivity contribution in [1.82, 2.24) is 5.32 Å². The third-order valence-electron chi connectivity index (χ3n) is 1.64. The van der Waals surface area contributed by atoms with E-state index in [2.05, 4.69) is 32.0 Å². The quantitative estimate of drug-likeness (QED) is 0.717. The van der Waals surface area contributed by atoms with Crippen molar-refractivity contribution in [1.29, 1.82) is 0 Å². The molecule has 0 aromatic heterocycles. The van der Waals surface area contributed by atoms with Crippen molar-refractivity contribution in [3.05, 3.63) is 0 Å². The van der Waals surface area contributed by atoms with Crippen LogP contribution in [0.2, 0.25) is 0 Å². The second kappa shape index (κ2) is 3.85. The lowest BCUT2D eigenvalue weighted by molar-refractivity contribution is -0.115. The Balaban J connectivity index is 2.26. The molecule has 1 aliphatic rings. The summed E-state index contributed by atoms with van der Waals surface area (Å²) in [5, 5.41) is 2.36. The maximum absolute atomic E-state index is 11.9. The van der Waals surface area contributed by atoms with Gasteiger partial charge in [-0.1, -0.05) is 0 Å². The number of nitrogens with one attached hydrogen (secondary N) is 1. The number of carbonyl (C=O) groups excluding carboxylic acids is 1. The first-order valence-corrected chi connectivity index (χ1v) is 4.14. The number of hydrogen-bond acceptors (Lipinski definition) is 1. The zero-order valence-corrected chi connectivity index (χ0v) is 7.57. The van der Waals surface area contributed by atoms with Crippen LogP contribution in [0.3, 0.4) is 0 Å². The van der Waals surface area contributed by atoms with Crippen LogP contribution in [-0.4, -0.2) is 18.4 Å². The molecule has 2 nitrogen and oxygen atoms in total. The molecule has 0 saturated heterocycles. The van der Waals surface area contributed by atoms with Crippen LogP contribution in [0.15, 0.2) is 0 Å². The first-order chi connectivity index (χ1) is 5.65. The summed E-state index contributed by atoms with van der Waals surface area (Å²) in [6.07, 6.45) is -1.99. The molecular formula is C7H6BrF2NO. The Hall–Kier alpha value is -0.630. The summed E-state index contributed by atoms with van der Waals surface area (Å²) in [6.45, 7) is 0. The van der Waals surface area contributed by atoms with E-state index in [1.54, 1.807) is 0 Å². The van der Waals surface area contributed by atoms with Crippen LogP contribution in [0.5, 0.6) is 0 Å². The van der Waals surface area contributed by atoms with Gasteiger partial charge in [-0.25, -0.2) is 8.78 Å². The second-order valence-corrected chi connectivity index (χ2v) is 2.93. The molecule has 0 aromatic rings. The number of hydrogen-bond donors (Lipinski definition) is 1. The van der Waals surface area contributed by atoms with Crippen molar-refractivity contribution in [2.24, 2.45) is 5.92 Å². The van der Waals surface area contributed by atoms with Crippen molar-refractivity contribution in [3.8, 4) is 10.8 Å². The molecule has 12 heavy (non-hydrogen) atoms. The lowest BCUT2D eigenvalue weighted by atomic mass is 10.4. The van der Waals surface area contributed by atoms with Crippen LogP contribution in [0.1, 0.15) is 6.42 Å². The molecule has 0 spiro atoms. The maximum atomic E-state index is 11.9.